The summed E-state index contributed by atoms with van der Waals surface area (Å²) in [6, 6.07) is 18.7. The first-order chi connectivity index (χ1) is 11.1. The van der Waals surface area contributed by atoms with Crippen molar-refractivity contribution in [3.8, 4) is 0 Å². The van der Waals surface area contributed by atoms with Gasteiger partial charge in [-0.3, -0.25) is 9.59 Å². The van der Waals surface area contributed by atoms with Gasteiger partial charge in [0.25, 0.3) is 11.1 Å². The lowest BCUT2D eigenvalue weighted by molar-refractivity contribution is -0.113. The highest BCUT2D eigenvalue weighted by molar-refractivity contribution is 9.12. The Morgan fingerprint density at radius 1 is 0.957 bits per heavy atom. The number of thioether (sulfide) groups is 1. The lowest BCUT2D eigenvalue weighted by Gasteiger charge is -2.11. The minimum atomic E-state index is -0.301. The molecule has 2 amide bonds. The Labute approximate surface area is 146 Å². The van der Waals surface area contributed by atoms with E-state index >= 15 is 0 Å². The fourth-order valence-corrected chi connectivity index (χ4v) is 3.62. The largest absolute Gasteiger partial charge is 0.298 e. The molecule has 0 radical (unpaired) electrons. The van der Waals surface area contributed by atoms with Gasteiger partial charge in [0.05, 0.1) is 10.6 Å². The van der Waals surface area contributed by atoms with Gasteiger partial charge in [-0.15, -0.1) is 0 Å². The van der Waals surface area contributed by atoms with Crippen LogP contribution in [0, 0.1) is 0 Å². The fraction of sp³-hybridized carbons (Fsp3) is 0. The Kier molecular flexibility index (Phi) is 4.79. The van der Waals surface area contributed by atoms with E-state index in [9.17, 15) is 9.59 Å². The van der Waals surface area contributed by atoms with Crippen LogP contribution in [0.2, 0.25) is 0 Å². The number of benzene rings is 2. The summed E-state index contributed by atoms with van der Waals surface area (Å²) in [5.41, 5.74) is 1.60. The number of imide groups is 1. The van der Waals surface area contributed by atoms with Gasteiger partial charge in [-0.25, -0.2) is 4.90 Å². The Bertz CT molecular complexity index is 800. The number of hydrogen-bond donors (Lipinski definition) is 0. The molecular weight excluding hydrogens is 374 g/mol. The third kappa shape index (κ3) is 3.63. The number of allylic oxidation sites excluding steroid dienone is 2. The van der Waals surface area contributed by atoms with Gasteiger partial charge < -0.3 is 0 Å². The van der Waals surface area contributed by atoms with Crippen LogP contribution in [0.5, 0.6) is 0 Å². The second kappa shape index (κ2) is 6.98. The molecule has 5 heteroatoms. The van der Waals surface area contributed by atoms with Gasteiger partial charge in [0.2, 0.25) is 0 Å². The minimum absolute atomic E-state index is 0.285. The van der Waals surface area contributed by atoms with Crippen LogP contribution in [0.25, 0.3) is 6.08 Å². The molecule has 3 nitrogen and oxygen atoms in total. The van der Waals surface area contributed by atoms with Crippen LogP contribution in [0.4, 0.5) is 10.5 Å². The number of carbonyl (C=O) groups excluding carboxylic acids is 2. The molecule has 0 unspecified atom stereocenters. The molecule has 0 atom stereocenters. The topological polar surface area (TPSA) is 37.4 Å². The number of carbonyl (C=O) groups is 2. The van der Waals surface area contributed by atoms with Crippen LogP contribution >= 0.6 is 27.7 Å². The zero-order chi connectivity index (χ0) is 16.2. The molecule has 0 aromatic heterocycles. The summed E-state index contributed by atoms with van der Waals surface area (Å²) < 4.78 is 0.738. The molecule has 1 fully saturated rings. The Morgan fingerprint density at radius 2 is 1.57 bits per heavy atom. The van der Waals surface area contributed by atoms with E-state index in [0.717, 1.165) is 21.8 Å². The molecule has 1 aliphatic rings. The van der Waals surface area contributed by atoms with Gasteiger partial charge in [-0.2, -0.15) is 0 Å². The maximum absolute atomic E-state index is 12.5. The second-order valence-electron chi connectivity index (χ2n) is 4.79. The van der Waals surface area contributed by atoms with Gasteiger partial charge in [-0.05, 0) is 41.6 Å². The van der Waals surface area contributed by atoms with Crippen molar-refractivity contribution in [2.24, 2.45) is 0 Å². The lowest BCUT2D eigenvalue weighted by atomic mass is 10.2. The number of anilines is 1. The lowest BCUT2D eigenvalue weighted by Crippen LogP contribution is -2.27. The first kappa shape index (κ1) is 15.8. The molecule has 0 aliphatic carbocycles. The number of rotatable bonds is 3. The van der Waals surface area contributed by atoms with Crippen molar-refractivity contribution in [1.82, 2.24) is 0 Å². The van der Waals surface area contributed by atoms with Crippen molar-refractivity contribution in [3.63, 3.8) is 0 Å². The predicted octanol–water partition coefficient (Wildman–Crippen LogP) is 5.21. The van der Waals surface area contributed by atoms with Gasteiger partial charge >= 0.3 is 0 Å². The predicted molar refractivity (Wildman–Crippen MR) is 98.3 cm³/mol. The molecule has 0 N–H and O–H groups in total. The number of para-hydroxylation sites is 1. The third-order valence-corrected chi connectivity index (χ3v) is 4.51. The minimum Gasteiger partial charge on any atom is -0.268 e. The summed E-state index contributed by atoms with van der Waals surface area (Å²) >= 11 is 4.38. The van der Waals surface area contributed by atoms with E-state index in [2.05, 4.69) is 15.9 Å². The highest BCUT2D eigenvalue weighted by atomic mass is 79.9. The maximum Gasteiger partial charge on any atom is 0.298 e. The number of nitrogens with zero attached hydrogens (tertiary/aromatic N) is 1. The van der Waals surface area contributed by atoms with Gasteiger partial charge in [0.1, 0.15) is 0 Å². The SMILES string of the molecule is O=C1S/C(=C\C(Br)=C/c2ccccc2)C(=O)N1c1ccccc1. The van der Waals surface area contributed by atoms with E-state index in [4.69, 9.17) is 0 Å². The molecule has 0 spiro atoms. The zero-order valence-corrected chi connectivity index (χ0v) is 14.4. The highest BCUT2D eigenvalue weighted by Crippen LogP contribution is 2.35. The summed E-state index contributed by atoms with van der Waals surface area (Å²) in [7, 11) is 0. The van der Waals surface area contributed by atoms with Crippen LogP contribution in [-0.2, 0) is 4.79 Å². The molecule has 3 rings (SSSR count). The van der Waals surface area contributed by atoms with Gasteiger partial charge in [-0.1, -0.05) is 64.5 Å². The molecule has 114 valence electrons. The Morgan fingerprint density at radius 3 is 2.22 bits per heavy atom. The number of hydrogen-bond acceptors (Lipinski definition) is 3. The first-order valence-corrected chi connectivity index (χ1v) is 8.51. The van der Waals surface area contributed by atoms with Crippen molar-refractivity contribution in [1.29, 1.82) is 0 Å². The molecule has 23 heavy (non-hydrogen) atoms. The van der Waals surface area contributed by atoms with E-state index < -0.39 is 0 Å². The molecule has 1 saturated heterocycles. The standard InChI is InChI=1S/C18H12BrNO2S/c19-14(11-13-7-3-1-4-8-13)12-16-17(21)20(18(22)23-16)15-9-5-2-6-10-15/h1-12H/b14-11+,16-12-. The fourth-order valence-electron chi connectivity index (χ4n) is 2.14. The molecule has 0 saturated carbocycles. The molecule has 2 aromatic rings. The Hall–Kier alpha value is -2.11. The molecule has 1 aliphatic heterocycles. The van der Waals surface area contributed by atoms with E-state index in [1.54, 1.807) is 30.3 Å². The first-order valence-electron chi connectivity index (χ1n) is 6.90. The number of amides is 2. The number of halogens is 1. The molecule has 2 aromatic carbocycles. The Balaban J connectivity index is 1.86. The van der Waals surface area contributed by atoms with Gasteiger partial charge in [0, 0.05) is 4.48 Å². The van der Waals surface area contributed by atoms with E-state index in [-0.39, 0.29) is 11.1 Å². The summed E-state index contributed by atoms with van der Waals surface area (Å²) in [5.74, 6) is -0.301. The quantitative estimate of drug-likeness (QED) is 0.680. The molecule has 0 bridgehead atoms. The van der Waals surface area contributed by atoms with Crippen LogP contribution in [0.1, 0.15) is 5.56 Å². The summed E-state index contributed by atoms with van der Waals surface area (Å²) in [6.45, 7) is 0. The van der Waals surface area contributed by atoms with Gasteiger partial charge in [0.15, 0.2) is 0 Å². The summed E-state index contributed by atoms with van der Waals surface area (Å²) in [6.07, 6.45) is 3.58. The van der Waals surface area contributed by atoms with Crippen LogP contribution in [-0.4, -0.2) is 11.1 Å². The highest BCUT2D eigenvalue weighted by Gasteiger charge is 2.36. The molecular formula is C18H12BrNO2S. The maximum atomic E-state index is 12.5. The van der Waals surface area contributed by atoms with Crippen LogP contribution < -0.4 is 4.90 Å². The monoisotopic (exact) mass is 385 g/mol. The second-order valence-corrected chi connectivity index (χ2v) is 6.70. The average molecular weight is 386 g/mol. The van der Waals surface area contributed by atoms with Crippen LogP contribution in [0.15, 0.2) is 76.1 Å². The van der Waals surface area contributed by atoms with E-state index in [1.165, 1.54) is 4.90 Å². The normalized spacial score (nSPS) is 17.2. The zero-order valence-electron chi connectivity index (χ0n) is 12.0. The van der Waals surface area contributed by atoms with Crippen molar-refractivity contribution in [2.45, 2.75) is 0 Å². The van der Waals surface area contributed by atoms with Crippen molar-refractivity contribution in [2.75, 3.05) is 4.90 Å². The van der Waals surface area contributed by atoms with E-state index in [1.807, 2.05) is 42.5 Å². The summed E-state index contributed by atoms with van der Waals surface area (Å²) in [4.78, 5) is 26.2. The molecule has 1 heterocycles. The van der Waals surface area contributed by atoms with Crippen molar-refractivity contribution >= 4 is 50.6 Å². The summed E-state index contributed by atoms with van der Waals surface area (Å²) in [5, 5.41) is -0.285. The third-order valence-electron chi connectivity index (χ3n) is 3.18. The van der Waals surface area contributed by atoms with Crippen molar-refractivity contribution < 1.29 is 9.59 Å². The van der Waals surface area contributed by atoms with Crippen molar-refractivity contribution in [3.05, 3.63) is 81.7 Å². The smallest absolute Gasteiger partial charge is 0.268 e. The van der Waals surface area contributed by atoms with Crippen LogP contribution in [0.3, 0.4) is 0 Å². The van der Waals surface area contributed by atoms with E-state index in [0.29, 0.717) is 10.6 Å². The average Bonchev–Trinajstić information content (AvgIpc) is 2.83.